The van der Waals surface area contributed by atoms with Crippen molar-refractivity contribution >= 4 is 17.3 Å². The SMILES string of the molecule is CC(C)(C)NC(=S)N1CCCC1. The molecule has 0 atom stereocenters. The number of thiocarbonyl (C=S) groups is 1. The van der Waals surface area contributed by atoms with Gasteiger partial charge in [0.15, 0.2) is 5.11 Å². The molecule has 12 heavy (non-hydrogen) atoms. The average Bonchev–Trinajstić information content (AvgIpc) is 2.32. The standard InChI is InChI=1S/C9H18N2S/c1-9(2,3)10-8(12)11-6-4-5-7-11/h4-7H2,1-3H3,(H,10,12). The van der Waals surface area contributed by atoms with Gasteiger partial charge in [-0.15, -0.1) is 0 Å². The van der Waals surface area contributed by atoms with Crippen LogP contribution in [0.25, 0.3) is 0 Å². The second kappa shape index (κ2) is 3.60. The van der Waals surface area contributed by atoms with Crippen LogP contribution in [-0.2, 0) is 0 Å². The highest BCUT2D eigenvalue weighted by atomic mass is 32.1. The first-order valence-corrected chi connectivity index (χ1v) is 4.97. The number of nitrogens with zero attached hydrogens (tertiary/aromatic N) is 1. The van der Waals surface area contributed by atoms with Gasteiger partial charge in [-0.25, -0.2) is 0 Å². The second-order valence-electron chi connectivity index (χ2n) is 4.37. The molecular weight excluding hydrogens is 168 g/mol. The molecule has 3 heteroatoms. The third-order valence-corrected chi connectivity index (χ3v) is 2.24. The average molecular weight is 186 g/mol. The topological polar surface area (TPSA) is 15.3 Å². The molecule has 0 aromatic heterocycles. The smallest absolute Gasteiger partial charge is 0.169 e. The highest BCUT2D eigenvalue weighted by Crippen LogP contribution is 2.09. The second-order valence-corrected chi connectivity index (χ2v) is 4.76. The molecule has 0 bridgehead atoms. The van der Waals surface area contributed by atoms with Crippen LogP contribution in [0.4, 0.5) is 0 Å². The first kappa shape index (κ1) is 9.78. The Morgan fingerprint density at radius 3 is 2.17 bits per heavy atom. The van der Waals surface area contributed by atoms with E-state index >= 15 is 0 Å². The number of likely N-dealkylation sites (tertiary alicyclic amines) is 1. The molecule has 1 aliphatic rings. The largest absolute Gasteiger partial charge is 0.358 e. The van der Waals surface area contributed by atoms with E-state index < -0.39 is 0 Å². The Morgan fingerprint density at radius 1 is 1.25 bits per heavy atom. The fourth-order valence-electron chi connectivity index (χ4n) is 1.32. The van der Waals surface area contributed by atoms with E-state index in [1.165, 1.54) is 12.8 Å². The Morgan fingerprint density at radius 2 is 1.75 bits per heavy atom. The quantitative estimate of drug-likeness (QED) is 0.580. The number of hydrogen-bond donors (Lipinski definition) is 1. The predicted octanol–water partition coefficient (Wildman–Crippen LogP) is 1.76. The van der Waals surface area contributed by atoms with Gasteiger partial charge < -0.3 is 10.2 Å². The Bertz CT molecular complexity index is 166. The van der Waals surface area contributed by atoms with Crippen molar-refractivity contribution < 1.29 is 0 Å². The van der Waals surface area contributed by atoms with Crippen molar-refractivity contribution in [3.63, 3.8) is 0 Å². The van der Waals surface area contributed by atoms with E-state index in [-0.39, 0.29) is 5.54 Å². The van der Waals surface area contributed by atoms with Gasteiger partial charge in [0.2, 0.25) is 0 Å². The van der Waals surface area contributed by atoms with Gasteiger partial charge in [0.1, 0.15) is 0 Å². The summed E-state index contributed by atoms with van der Waals surface area (Å²) >= 11 is 5.28. The maximum atomic E-state index is 5.28. The van der Waals surface area contributed by atoms with Gasteiger partial charge in [-0.1, -0.05) is 0 Å². The molecule has 0 aliphatic carbocycles. The minimum atomic E-state index is 0.0969. The summed E-state index contributed by atoms with van der Waals surface area (Å²) in [4.78, 5) is 2.25. The van der Waals surface area contributed by atoms with Gasteiger partial charge in [0, 0.05) is 18.6 Å². The van der Waals surface area contributed by atoms with Gasteiger partial charge in [0.25, 0.3) is 0 Å². The lowest BCUT2D eigenvalue weighted by atomic mass is 10.1. The van der Waals surface area contributed by atoms with Crippen molar-refractivity contribution in [1.82, 2.24) is 10.2 Å². The van der Waals surface area contributed by atoms with Crippen LogP contribution in [0, 0.1) is 0 Å². The molecule has 0 unspecified atom stereocenters. The van der Waals surface area contributed by atoms with Crippen molar-refractivity contribution in [2.45, 2.75) is 39.2 Å². The zero-order chi connectivity index (χ0) is 9.19. The van der Waals surface area contributed by atoms with E-state index in [2.05, 4.69) is 31.0 Å². The highest BCUT2D eigenvalue weighted by Gasteiger charge is 2.18. The molecule has 0 amide bonds. The van der Waals surface area contributed by atoms with Crippen molar-refractivity contribution in [3.05, 3.63) is 0 Å². The van der Waals surface area contributed by atoms with Gasteiger partial charge >= 0.3 is 0 Å². The van der Waals surface area contributed by atoms with Crippen LogP contribution in [0.2, 0.25) is 0 Å². The summed E-state index contributed by atoms with van der Waals surface area (Å²) in [6.45, 7) is 8.66. The maximum Gasteiger partial charge on any atom is 0.169 e. The molecule has 1 fully saturated rings. The van der Waals surface area contributed by atoms with Crippen molar-refractivity contribution in [2.75, 3.05) is 13.1 Å². The summed E-state index contributed by atoms with van der Waals surface area (Å²) in [6, 6.07) is 0. The Kier molecular flexibility index (Phi) is 2.94. The van der Waals surface area contributed by atoms with Crippen molar-refractivity contribution in [2.24, 2.45) is 0 Å². The van der Waals surface area contributed by atoms with Crippen LogP contribution in [-0.4, -0.2) is 28.6 Å². The molecule has 0 saturated carbocycles. The molecule has 2 nitrogen and oxygen atoms in total. The molecule has 1 rings (SSSR count). The van der Waals surface area contributed by atoms with E-state index in [1.54, 1.807) is 0 Å². The molecule has 0 aromatic carbocycles. The van der Waals surface area contributed by atoms with Crippen LogP contribution in [0.5, 0.6) is 0 Å². The third-order valence-electron chi connectivity index (χ3n) is 1.88. The molecule has 0 spiro atoms. The minimum Gasteiger partial charge on any atom is -0.358 e. The molecular formula is C9H18N2S. The van der Waals surface area contributed by atoms with E-state index in [0.717, 1.165) is 18.2 Å². The Balaban J connectivity index is 2.37. The zero-order valence-electron chi connectivity index (χ0n) is 8.18. The van der Waals surface area contributed by atoms with E-state index in [0.29, 0.717) is 0 Å². The highest BCUT2D eigenvalue weighted by molar-refractivity contribution is 7.80. The molecule has 1 N–H and O–H groups in total. The summed E-state index contributed by atoms with van der Waals surface area (Å²) in [6.07, 6.45) is 2.57. The van der Waals surface area contributed by atoms with Gasteiger partial charge in [0.05, 0.1) is 0 Å². The summed E-state index contributed by atoms with van der Waals surface area (Å²) in [7, 11) is 0. The number of rotatable bonds is 0. The molecule has 1 heterocycles. The van der Waals surface area contributed by atoms with Gasteiger partial charge in [-0.2, -0.15) is 0 Å². The fraction of sp³-hybridized carbons (Fsp3) is 0.889. The summed E-state index contributed by atoms with van der Waals surface area (Å²) in [5, 5.41) is 4.24. The summed E-state index contributed by atoms with van der Waals surface area (Å²) in [5.41, 5.74) is 0.0969. The molecule has 1 aliphatic heterocycles. The maximum absolute atomic E-state index is 5.28. The minimum absolute atomic E-state index is 0.0969. The van der Waals surface area contributed by atoms with Crippen molar-refractivity contribution in [3.8, 4) is 0 Å². The predicted molar refractivity (Wildman–Crippen MR) is 56.3 cm³/mol. The van der Waals surface area contributed by atoms with Crippen LogP contribution < -0.4 is 5.32 Å². The lowest BCUT2D eigenvalue weighted by Gasteiger charge is -2.27. The van der Waals surface area contributed by atoms with Crippen LogP contribution in [0.15, 0.2) is 0 Å². The monoisotopic (exact) mass is 186 g/mol. The van der Waals surface area contributed by atoms with E-state index in [4.69, 9.17) is 12.2 Å². The van der Waals surface area contributed by atoms with Crippen LogP contribution in [0.3, 0.4) is 0 Å². The Hall–Kier alpha value is -0.310. The van der Waals surface area contributed by atoms with Gasteiger partial charge in [-0.3, -0.25) is 0 Å². The lowest BCUT2D eigenvalue weighted by Crippen LogP contribution is -2.47. The van der Waals surface area contributed by atoms with E-state index in [1.807, 2.05) is 0 Å². The van der Waals surface area contributed by atoms with Crippen molar-refractivity contribution in [1.29, 1.82) is 0 Å². The van der Waals surface area contributed by atoms with Crippen LogP contribution in [0.1, 0.15) is 33.6 Å². The molecule has 0 radical (unpaired) electrons. The third kappa shape index (κ3) is 2.97. The van der Waals surface area contributed by atoms with Crippen LogP contribution >= 0.6 is 12.2 Å². The van der Waals surface area contributed by atoms with E-state index in [9.17, 15) is 0 Å². The number of hydrogen-bond acceptors (Lipinski definition) is 1. The molecule has 0 aromatic rings. The normalized spacial score (nSPS) is 18.1. The lowest BCUT2D eigenvalue weighted by molar-refractivity contribution is 0.445. The molecule has 1 saturated heterocycles. The Labute approximate surface area is 80.3 Å². The number of nitrogens with one attached hydrogen (secondary N) is 1. The zero-order valence-corrected chi connectivity index (χ0v) is 9.00. The fourth-order valence-corrected chi connectivity index (χ4v) is 1.81. The molecule has 70 valence electrons. The first-order chi connectivity index (χ1) is 5.49. The summed E-state index contributed by atoms with van der Waals surface area (Å²) < 4.78 is 0. The van der Waals surface area contributed by atoms with Gasteiger partial charge in [-0.05, 0) is 45.8 Å². The first-order valence-electron chi connectivity index (χ1n) is 4.56. The summed E-state index contributed by atoms with van der Waals surface area (Å²) in [5.74, 6) is 0.